The Morgan fingerprint density at radius 1 is 1.00 bits per heavy atom. The molecule has 0 atom stereocenters. The molecule has 0 aliphatic heterocycles. The topological polar surface area (TPSA) is 70.7 Å². The first-order valence-electron chi connectivity index (χ1n) is 9.36. The number of likely N-dealkylation sites (N-methyl/N-ethyl adjacent to an activating group) is 1. The van der Waals surface area contributed by atoms with Crippen LogP contribution in [0.1, 0.15) is 41.5 Å². The van der Waals surface area contributed by atoms with Gasteiger partial charge in [-0.15, -0.1) is 0 Å². The van der Waals surface area contributed by atoms with Gasteiger partial charge in [0, 0.05) is 28.9 Å². The van der Waals surface area contributed by atoms with E-state index in [-0.39, 0.29) is 17.4 Å². The third kappa shape index (κ3) is 7.40. The summed E-state index contributed by atoms with van der Waals surface area (Å²) in [5.41, 5.74) is 1.18. The van der Waals surface area contributed by atoms with Crippen LogP contribution in [0.25, 0.3) is 0 Å². The Hall–Kier alpha value is -2.57. The highest BCUT2D eigenvalue weighted by molar-refractivity contribution is 6.32. The lowest BCUT2D eigenvalue weighted by Gasteiger charge is -2.20. The molecule has 0 aromatic heterocycles. The van der Waals surface area contributed by atoms with Crippen LogP contribution >= 0.6 is 11.6 Å². The molecule has 0 aliphatic carbocycles. The molecule has 0 radical (unpaired) electrons. The largest absolute Gasteiger partial charge is 0.491 e. The number of hydrogen-bond acceptors (Lipinski definition) is 4. The second-order valence-electron chi connectivity index (χ2n) is 8.03. The van der Waals surface area contributed by atoms with Gasteiger partial charge in [-0.3, -0.25) is 9.59 Å². The summed E-state index contributed by atoms with van der Waals surface area (Å²) in [5, 5.41) is 6.11. The number of carbonyl (C=O) groups is 2. The summed E-state index contributed by atoms with van der Waals surface area (Å²) in [6, 6.07) is 11.6. The lowest BCUT2D eigenvalue weighted by molar-refractivity contribution is 0.0918. The highest BCUT2D eigenvalue weighted by Gasteiger charge is 2.16. The monoisotopic (exact) mass is 417 g/mol. The molecule has 2 N–H and O–H groups in total. The molecule has 0 bridgehead atoms. The van der Waals surface area contributed by atoms with Crippen molar-refractivity contribution in [1.82, 2.24) is 10.2 Å². The quantitative estimate of drug-likeness (QED) is 0.712. The van der Waals surface area contributed by atoms with Crippen molar-refractivity contribution < 1.29 is 14.3 Å². The van der Waals surface area contributed by atoms with Crippen LogP contribution in [0.5, 0.6) is 5.75 Å². The van der Waals surface area contributed by atoms with Crippen LogP contribution in [0.2, 0.25) is 5.02 Å². The van der Waals surface area contributed by atoms with E-state index in [0.717, 1.165) is 6.54 Å². The summed E-state index contributed by atoms with van der Waals surface area (Å²) in [6.07, 6.45) is 0. The van der Waals surface area contributed by atoms with E-state index in [1.165, 1.54) is 0 Å². The molecule has 2 aromatic rings. The number of anilines is 1. The van der Waals surface area contributed by atoms with Crippen molar-refractivity contribution in [3.05, 3.63) is 58.6 Å². The van der Waals surface area contributed by atoms with E-state index in [1.54, 1.807) is 42.5 Å². The van der Waals surface area contributed by atoms with Crippen LogP contribution in [0.15, 0.2) is 42.5 Å². The third-order valence-electron chi connectivity index (χ3n) is 3.88. The standard InChI is InChI=1S/C22H28ClN3O3/c1-22(2,3)25-21(28)16-8-6-15(7-9-16)20(27)24-17-10-11-19(18(23)14-17)29-13-12-26(4)5/h6-11,14H,12-13H2,1-5H3,(H,24,27)(H,25,28). The lowest BCUT2D eigenvalue weighted by atomic mass is 10.1. The molecule has 2 aromatic carbocycles. The van der Waals surface area contributed by atoms with Gasteiger partial charge in [-0.25, -0.2) is 0 Å². The van der Waals surface area contributed by atoms with Crippen LogP contribution in [0.3, 0.4) is 0 Å². The van der Waals surface area contributed by atoms with Gasteiger partial charge in [0.15, 0.2) is 0 Å². The fraction of sp³-hybridized carbons (Fsp3) is 0.364. The summed E-state index contributed by atoms with van der Waals surface area (Å²) in [7, 11) is 3.93. The highest BCUT2D eigenvalue weighted by Crippen LogP contribution is 2.28. The minimum atomic E-state index is -0.325. The molecular formula is C22H28ClN3O3. The Bertz CT molecular complexity index is 859. The summed E-state index contributed by atoms with van der Waals surface area (Å²) in [4.78, 5) is 26.7. The zero-order valence-corrected chi connectivity index (χ0v) is 18.3. The van der Waals surface area contributed by atoms with Gasteiger partial charge in [0.25, 0.3) is 11.8 Å². The summed E-state index contributed by atoms with van der Waals surface area (Å²) >= 11 is 6.25. The first-order valence-corrected chi connectivity index (χ1v) is 9.74. The van der Waals surface area contributed by atoms with Crippen molar-refractivity contribution in [2.24, 2.45) is 0 Å². The number of hydrogen-bond donors (Lipinski definition) is 2. The van der Waals surface area contributed by atoms with E-state index in [0.29, 0.717) is 34.2 Å². The molecule has 156 valence electrons. The van der Waals surface area contributed by atoms with Crippen LogP contribution in [0, 0.1) is 0 Å². The molecule has 2 rings (SSSR count). The number of rotatable bonds is 7. The summed E-state index contributed by atoms with van der Waals surface area (Å²) < 4.78 is 5.64. The Morgan fingerprint density at radius 2 is 1.59 bits per heavy atom. The normalized spacial score (nSPS) is 11.3. The fourth-order valence-electron chi connectivity index (χ4n) is 2.42. The highest BCUT2D eigenvalue weighted by atomic mass is 35.5. The Kier molecular flexibility index (Phi) is 7.65. The number of amides is 2. The number of ether oxygens (including phenoxy) is 1. The molecule has 2 amide bonds. The number of nitrogens with zero attached hydrogens (tertiary/aromatic N) is 1. The van der Waals surface area contributed by atoms with Crippen LogP contribution in [-0.4, -0.2) is 49.5 Å². The van der Waals surface area contributed by atoms with E-state index in [9.17, 15) is 9.59 Å². The van der Waals surface area contributed by atoms with Gasteiger partial charge in [0.05, 0.1) is 5.02 Å². The Morgan fingerprint density at radius 3 is 2.10 bits per heavy atom. The number of carbonyl (C=O) groups excluding carboxylic acids is 2. The maximum Gasteiger partial charge on any atom is 0.255 e. The zero-order valence-electron chi connectivity index (χ0n) is 17.5. The van der Waals surface area contributed by atoms with E-state index in [4.69, 9.17) is 16.3 Å². The predicted octanol–water partition coefficient (Wildman–Crippen LogP) is 4.06. The summed E-state index contributed by atoms with van der Waals surface area (Å²) in [6.45, 7) is 7.04. The number of halogens is 1. The van der Waals surface area contributed by atoms with Crippen LogP contribution in [0.4, 0.5) is 5.69 Å². The van der Waals surface area contributed by atoms with E-state index in [2.05, 4.69) is 10.6 Å². The van der Waals surface area contributed by atoms with Gasteiger partial charge in [-0.05, 0) is 77.3 Å². The average molecular weight is 418 g/mol. The molecule has 0 heterocycles. The van der Waals surface area contributed by atoms with Crippen molar-refractivity contribution in [2.45, 2.75) is 26.3 Å². The molecular weight excluding hydrogens is 390 g/mol. The van der Waals surface area contributed by atoms with Gasteiger partial charge in [-0.1, -0.05) is 11.6 Å². The molecule has 0 aliphatic rings. The fourth-order valence-corrected chi connectivity index (χ4v) is 2.66. The smallest absolute Gasteiger partial charge is 0.255 e. The Labute approximate surface area is 177 Å². The Balaban J connectivity index is 1.99. The molecule has 7 heteroatoms. The third-order valence-corrected chi connectivity index (χ3v) is 4.18. The summed E-state index contributed by atoms with van der Waals surface area (Å²) in [5.74, 6) is 0.104. The molecule has 0 spiro atoms. The van der Waals surface area contributed by atoms with Crippen LogP contribution < -0.4 is 15.4 Å². The van der Waals surface area contributed by atoms with E-state index >= 15 is 0 Å². The first-order chi connectivity index (χ1) is 13.5. The van der Waals surface area contributed by atoms with Gasteiger partial charge in [-0.2, -0.15) is 0 Å². The van der Waals surface area contributed by atoms with Crippen molar-refractivity contribution in [3.8, 4) is 5.75 Å². The number of benzene rings is 2. The van der Waals surface area contributed by atoms with Crippen molar-refractivity contribution in [2.75, 3.05) is 32.6 Å². The second kappa shape index (κ2) is 9.76. The van der Waals surface area contributed by atoms with E-state index in [1.807, 2.05) is 39.8 Å². The molecule has 0 saturated carbocycles. The average Bonchev–Trinajstić information content (AvgIpc) is 2.62. The minimum Gasteiger partial charge on any atom is -0.491 e. The SMILES string of the molecule is CN(C)CCOc1ccc(NC(=O)c2ccc(C(=O)NC(C)(C)C)cc2)cc1Cl. The lowest BCUT2D eigenvalue weighted by Crippen LogP contribution is -2.40. The van der Waals surface area contributed by atoms with Gasteiger partial charge in [0.2, 0.25) is 0 Å². The van der Waals surface area contributed by atoms with E-state index < -0.39 is 0 Å². The van der Waals surface area contributed by atoms with Crippen molar-refractivity contribution >= 4 is 29.1 Å². The maximum atomic E-state index is 12.5. The van der Waals surface area contributed by atoms with Gasteiger partial charge >= 0.3 is 0 Å². The minimum absolute atomic E-state index is 0.180. The van der Waals surface area contributed by atoms with Gasteiger partial charge < -0.3 is 20.3 Å². The molecule has 29 heavy (non-hydrogen) atoms. The predicted molar refractivity (Wildman–Crippen MR) is 117 cm³/mol. The molecule has 0 unspecified atom stereocenters. The maximum absolute atomic E-state index is 12.5. The van der Waals surface area contributed by atoms with Crippen molar-refractivity contribution in [1.29, 1.82) is 0 Å². The zero-order chi connectivity index (χ0) is 21.6. The molecule has 6 nitrogen and oxygen atoms in total. The first kappa shape index (κ1) is 22.7. The molecule has 0 saturated heterocycles. The number of nitrogens with one attached hydrogen (secondary N) is 2. The second-order valence-corrected chi connectivity index (χ2v) is 8.44. The molecule has 0 fully saturated rings. The van der Waals surface area contributed by atoms with Gasteiger partial charge in [0.1, 0.15) is 12.4 Å². The van der Waals surface area contributed by atoms with Crippen LogP contribution in [-0.2, 0) is 0 Å². The van der Waals surface area contributed by atoms with Crippen molar-refractivity contribution in [3.63, 3.8) is 0 Å².